The van der Waals surface area contributed by atoms with E-state index >= 15 is 0 Å². The van der Waals surface area contributed by atoms with Gasteiger partial charge in [0, 0.05) is 11.4 Å². The minimum absolute atomic E-state index is 0.181. The van der Waals surface area contributed by atoms with Crippen LogP contribution in [0.4, 0.5) is 14.5 Å². The molecule has 1 atom stereocenters. The minimum Gasteiger partial charge on any atom is -0.449 e. The van der Waals surface area contributed by atoms with Gasteiger partial charge in [0.1, 0.15) is 11.6 Å². The fraction of sp³-hybridized carbons (Fsp3) is 0.143. The normalized spacial score (nSPS) is 11.8. The molecule has 1 amide bonds. The summed E-state index contributed by atoms with van der Waals surface area (Å²) in [7, 11) is 0. The van der Waals surface area contributed by atoms with Gasteiger partial charge in [0.25, 0.3) is 5.91 Å². The van der Waals surface area contributed by atoms with E-state index < -0.39 is 29.6 Å². The van der Waals surface area contributed by atoms with E-state index in [2.05, 4.69) is 5.32 Å². The van der Waals surface area contributed by atoms with Crippen molar-refractivity contribution >= 4 is 28.9 Å². The molecule has 0 aliphatic rings. The Morgan fingerprint density at radius 3 is 2.67 bits per heavy atom. The van der Waals surface area contributed by atoms with Crippen LogP contribution in [-0.4, -0.2) is 18.0 Å². The number of nitrogens with one attached hydrogen (secondary N) is 1. The van der Waals surface area contributed by atoms with Gasteiger partial charge in [0.05, 0.1) is 11.3 Å². The first-order valence-corrected chi connectivity index (χ1v) is 6.90. The number of hydrogen-bond donors (Lipinski definition) is 1. The third-order valence-electron chi connectivity index (χ3n) is 2.60. The quantitative estimate of drug-likeness (QED) is 0.882. The largest absolute Gasteiger partial charge is 0.449 e. The zero-order valence-electron chi connectivity index (χ0n) is 10.9. The summed E-state index contributed by atoms with van der Waals surface area (Å²) in [4.78, 5) is 23.5. The molecule has 1 aromatic carbocycles. The third-order valence-corrected chi connectivity index (χ3v) is 3.28. The van der Waals surface area contributed by atoms with Crippen molar-refractivity contribution in [2.75, 3.05) is 5.32 Å². The van der Waals surface area contributed by atoms with Crippen LogP contribution in [-0.2, 0) is 9.53 Å². The van der Waals surface area contributed by atoms with Gasteiger partial charge in [-0.25, -0.2) is 13.6 Å². The van der Waals surface area contributed by atoms with Crippen molar-refractivity contribution in [2.24, 2.45) is 0 Å². The SMILES string of the molecule is C[C@@H](OC(=O)c1ccsc1)C(=O)Nc1ccc(F)cc1F. The number of thiophene rings is 1. The van der Waals surface area contributed by atoms with Gasteiger partial charge in [-0.1, -0.05) is 0 Å². The van der Waals surface area contributed by atoms with E-state index in [9.17, 15) is 18.4 Å². The van der Waals surface area contributed by atoms with E-state index in [4.69, 9.17) is 4.74 Å². The molecular weight excluding hydrogens is 300 g/mol. The molecule has 0 fully saturated rings. The fourth-order valence-corrected chi connectivity index (χ4v) is 2.11. The molecule has 2 rings (SSSR count). The van der Waals surface area contributed by atoms with Crippen molar-refractivity contribution in [1.29, 1.82) is 0 Å². The molecule has 1 heterocycles. The van der Waals surface area contributed by atoms with Gasteiger partial charge < -0.3 is 10.1 Å². The summed E-state index contributed by atoms with van der Waals surface area (Å²) in [5.74, 6) is -3.00. The number of anilines is 1. The van der Waals surface area contributed by atoms with Crippen molar-refractivity contribution in [3.8, 4) is 0 Å². The standard InChI is InChI=1S/C14H11F2NO3S/c1-8(20-14(19)9-4-5-21-7-9)13(18)17-12-3-2-10(15)6-11(12)16/h2-8H,1H3,(H,17,18)/t8-/m1/s1. The minimum atomic E-state index is -1.11. The Bertz CT molecular complexity index is 658. The lowest BCUT2D eigenvalue weighted by Gasteiger charge is -2.13. The van der Waals surface area contributed by atoms with E-state index in [1.165, 1.54) is 18.3 Å². The van der Waals surface area contributed by atoms with Gasteiger partial charge in [-0.3, -0.25) is 4.79 Å². The smallest absolute Gasteiger partial charge is 0.339 e. The van der Waals surface area contributed by atoms with Crippen LogP contribution < -0.4 is 5.32 Å². The zero-order valence-corrected chi connectivity index (χ0v) is 11.7. The second kappa shape index (κ2) is 6.45. The Hall–Kier alpha value is -2.28. The summed E-state index contributed by atoms with van der Waals surface area (Å²) in [5, 5.41) is 5.53. The van der Waals surface area contributed by atoms with Crippen LogP contribution in [0.5, 0.6) is 0 Å². The highest BCUT2D eigenvalue weighted by atomic mass is 32.1. The molecule has 110 valence electrons. The molecule has 0 spiro atoms. The summed E-state index contributed by atoms with van der Waals surface area (Å²) in [6.07, 6.45) is -1.11. The van der Waals surface area contributed by atoms with Crippen LogP contribution >= 0.6 is 11.3 Å². The predicted octanol–water partition coefficient (Wildman–Crippen LogP) is 3.21. The van der Waals surface area contributed by atoms with E-state index in [0.29, 0.717) is 11.6 Å². The highest BCUT2D eigenvalue weighted by molar-refractivity contribution is 7.08. The molecule has 0 bridgehead atoms. The number of amides is 1. The average molecular weight is 311 g/mol. The summed E-state index contributed by atoms with van der Waals surface area (Å²) >= 11 is 1.32. The van der Waals surface area contributed by atoms with E-state index in [1.807, 2.05) is 0 Å². The molecule has 2 aromatic rings. The first-order chi connectivity index (χ1) is 9.97. The number of ether oxygens (including phenoxy) is 1. The van der Waals surface area contributed by atoms with Crippen molar-refractivity contribution in [3.63, 3.8) is 0 Å². The van der Waals surface area contributed by atoms with Gasteiger partial charge in [0.15, 0.2) is 6.10 Å². The summed E-state index contributed by atoms with van der Waals surface area (Å²) < 4.78 is 31.1. The number of halogens is 2. The van der Waals surface area contributed by atoms with Crippen LogP contribution in [0.25, 0.3) is 0 Å². The van der Waals surface area contributed by atoms with Gasteiger partial charge in [-0.2, -0.15) is 11.3 Å². The Kier molecular flexibility index (Phi) is 4.64. The molecule has 0 unspecified atom stereocenters. The lowest BCUT2D eigenvalue weighted by Crippen LogP contribution is -2.30. The summed E-state index contributed by atoms with van der Waals surface area (Å²) in [6.45, 7) is 1.36. The molecule has 1 aromatic heterocycles. The van der Waals surface area contributed by atoms with Crippen LogP contribution in [0.1, 0.15) is 17.3 Å². The summed E-state index contributed by atoms with van der Waals surface area (Å²) in [6, 6.07) is 4.33. The van der Waals surface area contributed by atoms with Gasteiger partial charge in [-0.15, -0.1) is 0 Å². The Morgan fingerprint density at radius 1 is 1.29 bits per heavy atom. The topological polar surface area (TPSA) is 55.4 Å². The van der Waals surface area contributed by atoms with E-state index in [0.717, 1.165) is 12.1 Å². The van der Waals surface area contributed by atoms with Gasteiger partial charge in [0.2, 0.25) is 0 Å². The van der Waals surface area contributed by atoms with E-state index in [-0.39, 0.29) is 5.69 Å². The molecule has 0 aliphatic heterocycles. The lowest BCUT2D eigenvalue weighted by atomic mass is 10.2. The van der Waals surface area contributed by atoms with Gasteiger partial charge in [-0.05, 0) is 30.5 Å². The Labute approximate surface area is 123 Å². The summed E-state index contributed by atoms with van der Waals surface area (Å²) in [5.41, 5.74) is 0.160. The van der Waals surface area contributed by atoms with Crippen molar-refractivity contribution < 1.29 is 23.1 Å². The zero-order chi connectivity index (χ0) is 15.4. The number of esters is 1. The number of benzene rings is 1. The van der Waals surface area contributed by atoms with Gasteiger partial charge >= 0.3 is 5.97 Å². The fourth-order valence-electron chi connectivity index (χ4n) is 1.49. The number of carbonyl (C=O) groups is 2. The monoisotopic (exact) mass is 311 g/mol. The van der Waals surface area contributed by atoms with Crippen LogP contribution in [0.2, 0.25) is 0 Å². The molecule has 0 aliphatic carbocycles. The number of carbonyl (C=O) groups excluding carboxylic acids is 2. The molecular formula is C14H11F2NO3S. The Morgan fingerprint density at radius 2 is 2.05 bits per heavy atom. The molecule has 0 saturated heterocycles. The van der Waals surface area contributed by atoms with E-state index in [1.54, 1.807) is 16.8 Å². The number of hydrogen-bond acceptors (Lipinski definition) is 4. The average Bonchev–Trinajstić information content (AvgIpc) is 2.95. The second-order valence-corrected chi connectivity index (χ2v) is 4.95. The highest BCUT2D eigenvalue weighted by Gasteiger charge is 2.20. The molecule has 1 N–H and O–H groups in total. The van der Waals surface area contributed by atoms with Crippen LogP contribution in [0.15, 0.2) is 35.0 Å². The molecule has 7 heteroatoms. The second-order valence-electron chi connectivity index (χ2n) is 4.17. The maximum atomic E-state index is 13.4. The first kappa shape index (κ1) is 15.1. The van der Waals surface area contributed by atoms with Crippen LogP contribution in [0.3, 0.4) is 0 Å². The number of rotatable bonds is 4. The molecule has 21 heavy (non-hydrogen) atoms. The lowest BCUT2D eigenvalue weighted by molar-refractivity contribution is -0.123. The maximum Gasteiger partial charge on any atom is 0.339 e. The third kappa shape index (κ3) is 3.85. The molecule has 4 nitrogen and oxygen atoms in total. The highest BCUT2D eigenvalue weighted by Crippen LogP contribution is 2.16. The van der Waals surface area contributed by atoms with Crippen molar-refractivity contribution in [1.82, 2.24) is 0 Å². The Balaban J connectivity index is 1.98. The molecule has 0 radical (unpaired) electrons. The maximum absolute atomic E-state index is 13.4. The van der Waals surface area contributed by atoms with Crippen molar-refractivity contribution in [2.45, 2.75) is 13.0 Å². The predicted molar refractivity (Wildman–Crippen MR) is 74.2 cm³/mol. The first-order valence-electron chi connectivity index (χ1n) is 5.96. The van der Waals surface area contributed by atoms with Crippen molar-refractivity contribution in [3.05, 3.63) is 52.2 Å². The van der Waals surface area contributed by atoms with Crippen LogP contribution in [0, 0.1) is 11.6 Å². The molecule has 0 saturated carbocycles.